The molecule has 1 aromatic rings. The number of sulfone groups is 1. The van der Waals surface area contributed by atoms with Crippen LogP contribution in [0.25, 0.3) is 0 Å². The molecule has 1 aliphatic rings. The highest BCUT2D eigenvalue weighted by Gasteiger charge is 2.38. The Bertz CT molecular complexity index is 666. The molecule has 2 rings (SSSR count). The van der Waals surface area contributed by atoms with Crippen molar-refractivity contribution in [3.8, 4) is 0 Å². The normalized spacial score (nSPS) is 23.2. The topological polar surface area (TPSA) is 80.5 Å². The van der Waals surface area contributed by atoms with Gasteiger partial charge < -0.3 is 10.6 Å². The first-order valence-electron chi connectivity index (χ1n) is 8.49. The van der Waals surface area contributed by atoms with E-state index in [2.05, 4.69) is 0 Å². The van der Waals surface area contributed by atoms with Crippen molar-refractivity contribution in [2.24, 2.45) is 11.7 Å². The van der Waals surface area contributed by atoms with Gasteiger partial charge in [-0.05, 0) is 18.4 Å². The van der Waals surface area contributed by atoms with E-state index in [0.717, 1.165) is 24.8 Å². The molecular weight excluding hydrogens is 360 g/mol. The Morgan fingerprint density at radius 3 is 2.32 bits per heavy atom. The van der Waals surface area contributed by atoms with Crippen LogP contribution < -0.4 is 5.73 Å². The highest BCUT2D eigenvalue weighted by atomic mass is 35.5. The SMILES string of the molecule is CC(C(=O)N(C)C1CCCCC1S(C)(=O)=O)C(N)c1ccccc1.Cl. The number of carbonyl (C=O) groups is 1. The second-order valence-electron chi connectivity index (χ2n) is 6.89. The first-order valence-corrected chi connectivity index (χ1v) is 10.4. The Labute approximate surface area is 157 Å². The van der Waals surface area contributed by atoms with Crippen LogP contribution in [0.15, 0.2) is 30.3 Å². The number of amides is 1. The molecule has 1 aromatic carbocycles. The summed E-state index contributed by atoms with van der Waals surface area (Å²) in [5.41, 5.74) is 7.17. The second-order valence-corrected chi connectivity index (χ2v) is 9.16. The lowest BCUT2D eigenvalue weighted by atomic mass is 9.90. The van der Waals surface area contributed by atoms with Crippen LogP contribution in [0.1, 0.15) is 44.2 Å². The largest absolute Gasteiger partial charge is 0.341 e. The van der Waals surface area contributed by atoms with Crippen LogP contribution >= 0.6 is 12.4 Å². The van der Waals surface area contributed by atoms with E-state index >= 15 is 0 Å². The fraction of sp³-hybridized carbons (Fsp3) is 0.611. The fourth-order valence-corrected chi connectivity index (χ4v) is 5.11. The summed E-state index contributed by atoms with van der Waals surface area (Å²) in [6.07, 6.45) is 4.48. The molecule has 0 saturated heterocycles. The maximum atomic E-state index is 12.9. The first-order chi connectivity index (χ1) is 11.2. The van der Waals surface area contributed by atoms with Gasteiger partial charge in [0, 0.05) is 25.4 Å². The third-order valence-corrected chi connectivity index (χ3v) is 6.83. The summed E-state index contributed by atoms with van der Waals surface area (Å²) in [6, 6.07) is 8.87. The molecule has 0 bridgehead atoms. The van der Waals surface area contributed by atoms with Crippen molar-refractivity contribution in [3.05, 3.63) is 35.9 Å². The molecule has 1 fully saturated rings. The van der Waals surface area contributed by atoms with Crippen molar-refractivity contribution in [2.75, 3.05) is 13.3 Å². The molecule has 25 heavy (non-hydrogen) atoms. The van der Waals surface area contributed by atoms with Gasteiger partial charge in [0.05, 0.1) is 11.2 Å². The summed E-state index contributed by atoms with van der Waals surface area (Å²) < 4.78 is 24.2. The Kier molecular flexibility index (Phi) is 7.90. The van der Waals surface area contributed by atoms with Crippen LogP contribution in [0.3, 0.4) is 0 Å². The number of hydrogen-bond donors (Lipinski definition) is 1. The number of carbonyl (C=O) groups excluding carboxylic acids is 1. The predicted octanol–water partition coefficient (Wildman–Crippen LogP) is 2.56. The Morgan fingerprint density at radius 1 is 1.20 bits per heavy atom. The highest BCUT2D eigenvalue weighted by molar-refractivity contribution is 7.91. The van der Waals surface area contributed by atoms with E-state index < -0.39 is 27.0 Å². The van der Waals surface area contributed by atoms with Gasteiger partial charge in [-0.2, -0.15) is 0 Å². The van der Waals surface area contributed by atoms with Gasteiger partial charge in [-0.15, -0.1) is 12.4 Å². The molecular formula is C18H29ClN2O3S. The highest BCUT2D eigenvalue weighted by Crippen LogP contribution is 2.29. The van der Waals surface area contributed by atoms with Crippen molar-refractivity contribution in [1.82, 2.24) is 4.90 Å². The van der Waals surface area contributed by atoms with E-state index in [1.807, 2.05) is 37.3 Å². The molecule has 7 heteroatoms. The minimum Gasteiger partial charge on any atom is -0.341 e. The number of nitrogens with zero attached hydrogens (tertiary/aromatic N) is 1. The zero-order valence-corrected chi connectivity index (χ0v) is 16.7. The average molecular weight is 389 g/mol. The minimum atomic E-state index is -3.18. The molecule has 5 nitrogen and oxygen atoms in total. The fourth-order valence-electron chi connectivity index (χ4n) is 3.62. The lowest BCUT2D eigenvalue weighted by Gasteiger charge is -2.38. The van der Waals surface area contributed by atoms with Crippen LogP contribution in [-0.4, -0.2) is 43.8 Å². The van der Waals surface area contributed by atoms with Crippen molar-refractivity contribution in [1.29, 1.82) is 0 Å². The predicted molar refractivity (Wildman–Crippen MR) is 103 cm³/mol. The number of halogens is 1. The number of rotatable bonds is 5. The van der Waals surface area contributed by atoms with Gasteiger partial charge in [0.25, 0.3) is 0 Å². The van der Waals surface area contributed by atoms with Crippen molar-refractivity contribution in [2.45, 2.75) is 49.9 Å². The summed E-state index contributed by atoms with van der Waals surface area (Å²) in [5.74, 6) is -0.494. The third kappa shape index (κ3) is 5.19. The molecule has 142 valence electrons. The molecule has 1 saturated carbocycles. The molecule has 0 aliphatic heterocycles. The summed E-state index contributed by atoms with van der Waals surface area (Å²) >= 11 is 0. The van der Waals surface area contributed by atoms with E-state index in [4.69, 9.17) is 5.73 Å². The Hall–Kier alpha value is -1.11. The van der Waals surface area contributed by atoms with Crippen LogP contribution in [0, 0.1) is 5.92 Å². The number of benzene rings is 1. The Balaban J connectivity index is 0.00000312. The lowest BCUT2D eigenvalue weighted by molar-refractivity contribution is -0.137. The maximum Gasteiger partial charge on any atom is 0.227 e. The molecule has 0 radical (unpaired) electrons. The third-order valence-electron chi connectivity index (χ3n) is 5.18. The summed E-state index contributed by atoms with van der Waals surface area (Å²) in [7, 11) is -1.46. The summed E-state index contributed by atoms with van der Waals surface area (Å²) in [4.78, 5) is 14.5. The van der Waals surface area contributed by atoms with Gasteiger partial charge >= 0.3 is 0 Å². The van der Waals surface area contributed by atoms with Crippen molar-refractivity contribution >= 4 is 28.2 Å². The molecule has 0 heterocycles. The number of hydrogen-bond acceptors (Lipinski definition) is 4. The maximum absolute atomic E-state index is 12.9. The molecule has 1 amide bonds. The molecule has 0 spiro atoms. The van der Waals surface area contributed by atoms with Gasteiger partial charge in [0.1, 0.15) is 0 Å². The van der Waals surface area contributed by atoms with Gasteiger partial charge in [-0.25, -0.2) is 8.42 Å². The molecule has 2 N–H and O–H groups in total. The van der Waals surface area contributed by atoms with Crippen LogP contribution in [0.4, 0.5) is 0 Å². The standard InChI is InChI=1S/C18H28N2O3S.ClH/c1-13(17(19)14-9-5-4-6-10-14)18(21)20(2)15-11-7-8-12-16(15)24(3,22)23;/h4-6,9-10,13,15-17H,7-8,11-12,19H2,1-3H3;1H. The zero-order chi connectivity index (χ0) is 17.9. The first kappa shape index (κ1) is 21.9. The molecule has 1 aliphatic carbocycles. The quantitative estimate of drug-likeness (QED) is 0.840. The molecule has 4 unspecified atom stereocenters. The number of nitrogens with two attached hydrogens (primary N) is 1. The summed E-state index contributed by atoms with van der Waals surface area (Å²) in [6.45, 7) is 1.81. The van der Waals surface area contributed by atoms with Crippen LogP contribution in [0.5, 0.6) is 0 Å². The van der Waals surface area contributed by atoms with Gasteiger partial charge in [-0.3, -0.25) is 4.79 Å². The lowest BCUT2D eigenvalue weighted by Crippen LogP contribution is -2.51. The Morgan fingerprint density at radius 2 is 1.76 bits per heavy atom. The van der Waals surface area contributed by atoms with Crippen LogP contribution in [0.2, 0.25) is 0 Å². The minimum absolute atomic E-state index is 0. The van der Waals surface area contributed by atoms with Crippen molar-refractivity contribution in [3.63, 3.8) is 0 Å². The zero-order valence-electron chi connectivity index (χ0n) is 15.1. The molecule has 0 aromatic heterocycles. The summed E-state index contributed by atoms with van der Waals surface area (Å²) in [5, 5.41) is -0.472. The average Bonchev–Trinajstić information content (AvgIpc) is 2.59. The van der Waals surface area contributed by atoms with Gasteiger partial charge in [-0.1, -0.05) is 50.1 Å². The van der Waals surface area contributed by atoms with Gasteiger partial charge in [0.2, 0.25) is 5.91 Å². The molecule has 4 atom stereocenters. The second kappa shape index (κ2) is 9.01. The van der Waals surface area contributed by atoms with Crippen molar-refractivity contribution < 1.29 is 13.2 Å². The van der Waals surface area contributed by atoms with E-state index in [1.54, 1.807) is 11.9 Å². The van der Waals surface area contributed by atoms with Gasteiger partial charge in [0.15, 0.2) is 9.84 Å². The smallest absolute Gasteiger partial charge is 0.227 e. The van der Waals surface area contributed by atoms with Crippen LogP contribution in [-0.2, 0) is 14.6 Å². The van der Waals surface area contributed by atoms with E-state index in [0.29, 0.717) is 6.42 Å². The monoisotopic (exact) mass is 388 g/mol. The van der Waals surface area contributed by atoms with E-state index in [-0.39, 0.29) is 24.4 Å². The van der Waals surface area contributed by atoms with E-state index in [9.17, 15) is 13.2 Å². The van der Waals surface area contributed by atoms with E-state index in [1.165, 1.54) is 6.26 Å².